The van der Waals surface area contributed by atoms with Gasteiger partial charge in [-0.05, 0) is 19.1 Å². The van der Waals surface area contributed by atoms with Gasteiger partial charge in [0.2, 0.25) is 0 Å². The van der Waals surface area contributed by atoms with E-state index in [9.17, 15) is 4.79 Å². The number of aromatic nitrogens is 3. The van der Waals surface area contributed by atoms with Gasteiger partial charge in [-0.2, -0.15) is 5.10 Å². The van der Waals surface area contributed by atoms with Crippen LogP contribution < -0.4 is 5.32 Å². The van der Waals surface area contributed by atoms with Gasteiger partial charge in [0.25, 0.3) is 5.91 Å². The Balaban J connectivity index is 1.99. The van der Waals surface area contributed by atoms with E-state index in [1.165, 1.54) is 6.20 Å². The first-order chi connectivity index (χ1) is 7.68. The molecule has 2 N–H and O–H groups in total. The number of rotatable bonds is 3. The van der Waals surface area contributed by atoms with Crippen molar-refractivity contribution in [1.82, 2.24) is 20.1 Å². The van der Waals surface area contributed by atoms with Crippen molar-refractivity contribution in [3.8, 4) is 0 Å². The normalized spacial score (nSPS) is 10.4. The minimum atomic E-state index is -0.104. The van der Waals surface area contributed by atoms with Crippen molar-refractivity contribution in [2.45, 2.75) is 13.5 Å². The first-order valence-electron chi connectivity index (χ1n) is 5.07. The van der Waals surface area contributed by atoms with E-state index in [1.54, 1.807) is 0 Å². The van der Waals surface area contributed by atoms with Gasteiger partial charge < -0.3 is 9.88 Å². The van der Waals surface area contributed by atoms with Crippen LogP contribution in [0, 0.1) is 6.92 Å². The van der Waals surface area contributed by atoms with Gasteiger partial charge in [-0.3, -0.25) is 9.89 Å². The summed E-state index contributed by atoms with van der Waals surface area (Å²) in [6.45, 7) is 2.34. The zero-order chi connectivity index (χ0) is 11.5. The molecule has 0 aliphatic rings. The number of hydrogen-bond acceptors (Lipinski definition) is 2. The molecule has 2 rings (SSSR count). The first-order valence-corrected chi connectivity index (χ1v) is 5.07. The van der Waals surface area contributed by atoms with Crippen molar-refractivity contribution in [3.63, 3.8) is 0 Å². The topological polar surface area (TPSA) is 62.7 Å². The van der Waals surface area contributed by atoms with Crippen LogP contribution in [0.3, 0.4) is 0 Å². The number of H-pyrrole nitrogens is 1. The average Bonchev–Trinajstić information content (AvgIpc) is 2.84. The number of nitrogens with one attached hydrogen (secondary N) is 2. The Morgan fingerprint density at radius 3 is 3.00 bits per heavy atom. The van der Waals surface area contributed by atoms with Crippen LogP contribution in [0.15, 0.2) is 24.5 Å². The SMILES string of the molecule is Cc1[nH]ncc1C(=O)NCc1cccn1C. The van der Waals surface area contributed by atoms with Gasteiger partial charge in [-0.1, -0.05) is 0 Å². The fourth-order valence-electron chi connectivity index (χ4n) is 1.53. The molecule has 1 amide bonds. The summed E-state index contributed by atoms with van der Waals surface area (Å²) in [4.78, 5) is 11.8. The van der Waals surface area contributed by atoms with Gasteiger partial charge in [0.15, 0.2) is 0 Å². The Kier molecular flexibility index (Phi) is 2.76. The molecule has 2 heterocycles. The molecule has 0 bridgehead atoms. The Labute approximate surface area is 93.5 Å². The van der Waals surface area contributed by atoms with Crippen LogP contribution in [0.5, 0.6) is 0 Å². The van der Waals surface area contributed by atoms with Crippen molar-refractivity contribution >= 4 is 5.91 Å². The fraction of sp³-hybridized carbons (Fsp3) is 0.273. The summed E-state index contributed by atoms with van der Waals surface area (Å²) >= 11 is 0. The predicted molar refractivity (Wildman–Crippen MR) is 59.9 cm³/mol. The maximum Gasteiger partial charge on any atom is 0.255 e. The second-order valence-corrected chi connectivity index (χ2v) is 3.70. The van der Waals surface area contributed by atoms with Gasteiger partial charge in [-0.25, -0.2) is 0 Å². The lowest BCUT2D eigenvalue weighted by molar-refractivity contribution is 0.0949. The van der Waals surface area contributed by atoms with E-state index >= 15 is 0 Å². The molecular weight excluding hydrogens is 204 g/mol. The minimum absolute atomic E-state index is 0.104. The molecule has 0 saturated heterocycles. The van der Waals surface area contributed by atoms with Crippen molar-refractivity contribution in [2.75, 3.05) is 0 Å². The van der Waals surface area contributed by atoms with E-state index in [1.807, 2.05) is 36.9 Å². The molecule has 84 valence electrons. The number of carbonyl (C=O) groups excluding carboxylic acids is 1. The van der Waals surface area contributed by atoms with Crippen LogP contribution in [0.25, 0.3) is 0 Å². The Morgan fingerprint density at radius 1 is 1.62 bits per heavy atom. The van der Waals surface area contributed by atoms with Crippen LogP contribution >= 0.6 is 0 Å². The molecule has 5 nitrogen and oxygen atoms in total. The highest BCUT2D eigenvalue weighted by atomic mass is 16.1. The van der Waals surface area contributed by atoms with Crippen LogP contribution in [-0.4, -0.2) is 20.7 Å². The minimum Gasteiger partial charge on any atom is -0.353 e. The molecule has 0 spiro atoms. The maximum absolute atomic E-state index is 11.8. The van der Waals surface area contributed by atoms with Crippen molar-refractivity contribution < 1.29 is 4.79 Å². The van der Waals surface area contributed by atoms with Gasteiger partial charge in [-0.15, -0.1) is 0 Å². The smallest absolute Gasteiger partial charge is 0.255 e. The third-order valence-electron chi connectivity index (χ3n) is 2.56. The van der Waals surface area contributed by atoms with E-state index in [4.69, 9.17) is 0 Å². The lowest BCUT2D eigenvalue weighted by Gasteiger charge is -2.05. The van der Waals surface area contributed by atoms with E-state index in [2.05, 4.69) is 15.5 Å². The quantitative estimate of drug-likeness (QED) is 0.806. The van der Waals surface area contributed by atoms with E-state index in [0.29, 0.717) is 12.1 Å². The number of nitrogens with zero attached hydrogens (tertiary/aromatic N) is 2. The fourth-order valence-corrected chi connectivity index (χ4v) is 1.53. The number of aryl methyl sites for hydroxylation is 2. The monoisotopic (exact) mass is 218 g/mol. The second-order valence-electron chi connectivity index (χ2n) is 3.70. The largest absolute Gasteiger partial charge is 0.353 e. The highest BCUT2D eigenvalue weighted by molar-refractivity contribution is 5.94. The van der Waals surface area contributed by atoms with Crippen LogP contribution in [0.2, 0.25) is 0 Å². The number of aromatic amines is 1. The number of hydrogen-bond donors (Lipinski definition) is 2. The molecule has 0 atom stereocenters. The van der Waals surface area contributed by atoms with E-state index in [0.717, 1.165) is 11.4 Å². The number of amides is 1. The highest BCUT2D eigenvalue weighted by Crippen LogP contribution is 2.03. The zero-order valence-corrected chi connectivity index (χ0v) is 9.32. The molecule has 0 fully saturated rings. The Morgan fingerprint density at radius 2 is 2.44 bits per heavy atom. The molecule has 0 aromatic carbocycles. The van der Waals surface area contributed by atoms with Crippen LogP contribution in [-0.2, 0) is 13.6 Å². The van der Waals surface area contributed by atoms with E-state index < -0.39 is 0 Å². The van der Waals surface area contributed by atoms with Gasteiger partial charge in [0.1, 0.15) is 0 Å². The van der Waals surface area contributed by atoms with Gasteiger partial charge in [0, 0.05) is 24.6 Å². The molecule has 0 saturated carbocycles. The average molecular weight is 218 g/mol. The summed E-state index contributed by atoms with van der Waals surface area (Å²) in [5.74, 6) is -0.104. The second kappa shape index (κ2) is 4.22. The molecule has 0 aliphatic heterocycles. The predicted octanol–water partition coefficient (Wildman–Crippen LogP) is 0.987. The first kappa shape index (κ1) is 10.5. The molecule has 0 unspecified atom stereocenters. The standard InChI is InChI=1S/C11H14N4O/c1-8-10(7-13-14-8)11(16)12-6-9-4-3-5-15(9)2/h3-5,7H,6H2,1-2H3,(H,12,16)(H,13,14). The van der Waals surface area contributed by atoms with Gasteiger partial charge >= 0.3 is 0 Å². The lowest BCUT2D eigenvalue weighted by atomic mass is 10.2. The summed E-state index contributed by atoms with van der Waals surface area (Å²) in [6, 6.07) is 3.92. The summed E-state index contributed by atoms with van der Waals surface area (Å²) in [5.41, 5.74) is 2.44. The summed E-state index contributed by atoms with van der Waals surface area (Å²) in [7, 11) is 1.95. The molecule has 5 heteroatoms. The summed E-state index contributed by atoms with van der Waals surface area (Å²) < 4.78 is 1.97. The highest BCUT2D eigenvalue weighted by Gasteiger charge is 2.10. The molecule has 0 radical (unpaired) electrons. The third kappa shape index (κ3) is 1.98. The maximum atomic E-state index is 11.8. The summed E-state index contributed by atoms with van der Waals surface area (Å²) in [6.07, 6.45) is 3.49. The molecule has 2 aromatic heterocycles. The Bertz CT molecular complexity index is 498. The van der Waals surface area contributed by atoms with Crippen LogP contribution in [0.4, 0.5) is 0 Å². The zero-order valence-electron chi connectivity index (χ0n) is 9.32. The van der Waals surface area contributed by atoms with E-state index in [-0.39, 0.29) is 5.91 Å². The lowest BCUT2D eigenvalue weighted by Crippen LogP contribution is -2.24. The third-order valence-corrected chi connectivity index (χ3v) is 2.56. The molecular formula is C11H14N4O. The number of carbonyl (C=O) groups is 1. The van der Waals surface area contributed by atoms with Gasteiger partial charge in [0.05, 0.1) is 18.3 Å². The van der Waals surface area contributed by atoms with Crippen molar-refractivity contribution in [2.24, 2.45) is 7.05 Å². The summed E-state index contributed by atoms with van der Waals surface area (Å²) in [5, 5.41) is 9.40. The molecule has 16 heavy (non-hydrogen) atoms. The molecule has 2 aromatic rings. The molecule has 0 aliphatic carbocycles. The van der Waals surface area contributed by atoms with Crippen molar-refractivity contribution in [3.05, 3.63) is 41.5 Å². The Hall–Kier alpha value is -2.04. The van der Waals surface area contributed by atoms with Crippen LogP contribution in [0.1, 0.15) is 21.7 Å². The van der Waals surface area contributed by atoms with Crippen molar-refractivity contribution in [1.29, 1.82) is 0 Å².